The van der Waals surface area contributed by atoms with Gasteiger partial charge in [0.1, 0.15) is 5.75 Å². The Bertz CT molecular complexity index is 571. The summed E-state index contributed by atoms with van der Waals surface area (Å²) in [5, 5.41) is 3.61. The van der Waals surface area contributed by atoms with Crippen LogP contribution in [0.4, 0.5) is 0 Å². The van der Waals surface area contributed by atoms with Gasteiger partial charge in [0.2, 0.25) is 0 Å². The number of ether oxygens (including phenoxy) is 1. The molecule has 1 N–H and O–H groups in total. The monoisotopic (exact) mass is 417 g/mol. The summed E-state index contributed by atoms with van der Waals surface area (Å²) in [5.41, 5.74) is 2.40. The molecular formula is C15H17Br2NOS. The maximum Gasteiger partial charge on any atom is 0.123 e. The average Bonchev–Trinajstić information content (AvgIpc) is 2.79. The van der Waals surface area contributed by atoms with E-state index >= 15 is 0 Å². The van der Waals surface area contributed by atoms with E-state index in [9.17, 15) is 0 Å². The fraction of sp³-hybridized carbons (Fsp3) is 0.333. The quantitative estimate of drug-likeness (QED) is 0.680. The number of para-hydroxylation sites is 1. The highest BCUT2D eigenvalue weighted by Gasteiger charge is 2.21. The van der Waals surface area contributed by atoms with Crippen LogP contribution in [0.25, 0.3) is 0 Å². The van der Waals surface area contributed by atoms with E-state index in [0.717, 1.165) is 31.9 Å². The molecule has 0 saturated heterocycles. The van der Waals surface area contributed by atoms with Crippen molar-refractivity contribution in [2.75, 3.05) is 13.7 Å². The maximum absolute atomic E-state index is 5.51. The molecule has 5 heteroatoms. The molecule has 0 bridgehead atoms. The first-order valence-corrected chi connectivity index (χ1v) is 8.88. The summed E-state index contributed by atoms with van der Waals surface area (Å²) in [4.78, 5) is 0. The minimum atomic E-state index is 0.128. The molecular weight excluding hydrogens is 402 g/mol. The summed E-state index contributed by atoms with van der Waals surface area (Å²) in [6.45, 7) is 3.13. The van der Waals surface area contributed by atoms with Gasteiger partial charge in [0.25, 0.3) is 0 Å². The van der Waals surface area contributed by atoms with Crippen LogP contribution < -0.4 is 10.1 Å². The molecule has 0 spiro atoms. The Labute approximate surface area is 140 Å². The number of hydrogen-bond donors (Lipinski definition) is 1. The van der Waals surface area contributed by atoms with Crippen LogP contribution in [-0.4, -0.2) is 13.7 Å². The van der Waals surface area contributed by atoms with E-state index in [1.165, 1.54) is 5.56 Å². The lowest BCUT2D eigenvalue weighted by Crippen LogP contribution is -2.23. The van der Waals surface area contributed by atoms with Gasteiger partial charge in [-0.25, -0.2) is 0 Å². The normalized spacial score (nSPS) is 12.4. The molecule has 1 heterocycles. The van der Waals surface area contributed by atoms with E-state index in [2.05, 4.69) is 56.2 Å². The van der Waals surface area contributed by atoms with Crippen molar-refractivity contribution < 1.29 is 4.74 Å². The smallest absolute Gasteiger partial charge is 0.123 e. The van der Waals surface area contributed by atoms with Crippen molar-refractivity contribution in [2.24, 2.45) is 0 Å². The van der Waals surface area contributed by atoms with Crippen LogP contribution in [0.5, 0.6) is 5.75 Å². The second kappa shape index (κ2) is 7.59. The molecule has 0 radical (unpaired) electrons. The van der Waals surface area contributed by atoms with Crippen LogP contribution in [-0.2, 0) is 0 Å². The highest BCUT2D eigenvalue weighted by Crippen LogP contribution is 2.40. The van der Waals surface area contributed by atoms with E-state index in [1.807, 2.05) is 18.2 Å². The molecule has 2 aromatic rings. The Balaban J connectivity index is 2.44. The largest absolute Gasteiger partial charge is 0.496 e. The van der Waals surface area contributed by atoms with Gasteiger partial charge < -0.3 is 10.1 Å². The summed E-state index contributed by atoms with van der Waals surface area (Å²) < 4.78 is 7.78. The summed E-state index contributed by atoms with van der Waals surface area (Å²) in [6, 6.07) is 10.5. The van der Waals surface area contributed by atoms with Gasteiger partial charge in [-0.3, -0.25) is 0 Å². The van der Waals surface area contributed by atoms with Gasteiger partial charge in [0.05, 0.1) is 20.7 Å². The lowest BCUT2D eigenvalue weighted by Gasteiger charge is -2.21. The van der Waals surface area contributed by atoms with Crippen molar-refractivity contribution in [2.45, 2.75) is 19.4 Å². The fourth-order valence-corrected chi connectivity index (χ4v) is 5.03. The van der Waals surface area contributed by atoms with E-state index in [-0.39, 0.29) is 6.04 Å². The number of benzene rings is 1. The van der Waals surface area contributed by atoms with E-state index in [1.54, 1.807) is 18.4 Å². The van der Waals surface area contributed by atoms with Crippen LogP contribution in [0, 0.1) is 0 Å². The first kappa shape index (κ1) is 16.0. The van der Waals surface area contributed by atoms with Crippen LogP contribution in [0.3, 0.4) is 0 Å². The number of nitrogens with one attached hydrogen (secondary N) is 1. The minimum absolute atomic E-state index is 0.128. The van der Waals surface area contributed by atoms with Crippen molar-refractivity contribution in [3.63, 3.8) is 0 Å². The van der Waals surface area contributed by atoms with Gasteiger partial charge in [-0.2, -0.15) is 0 Å². The highest BCUT2D eigenvalue weighted by atomic mass is 79.9. The Morgan fingerprint density at radius 3 is 2.60 bits per heavy atom. The lowest BCUT2D eigenvalue weighted by molar-refractivity contribution is 0.404. The fourth-order valence-electron chi connectivity index (χ4n) is 2.13. The lowest BCUT2D eigenvalue weighted by atomic mass is 10.00. The van der Waals surface area contributed by atoms with Crippen molar-refractivity contribution in [1.82, 2.24) is 5.32 Å². The molecule has 0 amide bonds. The van der Waals surface area contributed by atoms with Gasteiger partial charge in [-0.1, -0.05) is 25.1 Å². The molecule has 1 unspecified atom stereocenters. The highest BCUT2D eigenvalue weighted by molar-refractivity contribution is 9.12. The Hall–Kier alpha value is -0.360. The SMILES string of the molecule is CCCNC(c1ccccc1OC)c1cc(Br)sc1Br. The maximum atomic E-state index is 5.51. The Kier molecular flexibility index (Phi) is 6.08. The molecule has 0 aliphatic carbocycles. The molecule has 108 valence electrons. The first-order chi connectivity index (χ1) is 9.67. The van der Waals surface area contributed by atoms with Crippen LogP contribution in [0.15, 0.2) is 37.9 Å². The average molecular weight is 419 g/mol. The van der Waals surface area contributed by atoms with Gasteiger partial charge in [-0.05, 0) is 62.5 Å². The zero-order valence-electron chi connectivity index (χ0n) is 11.5. The molecule has 1 aromatic heterocycles. The Morgan fingerprint density at radius 2 is 2.00 bits per heavy atom. The Morgan fingerprint density at radius 1 is 1.25 bits per heavy atom. The summed E-state index contributed by atoms with van der Waals surface area (Å²) in [7, 11) is 1.72. The van der Waals surface area contributed by atoms with Crippen molar-refractivity contribution in [3.8, 4) is 5.75 Å². The standard InChI is InChI=1S/C15H17Br2NOS/c1-3-8-18-14(11-9-13(16)20-15(11)17)10-6-4-5-7-12(10)19-2/h4-7,9,14,18H,3,8H2,1-2H3. The third-order valence-electron chi connectivity index (χ3n) is 3.04. The van der Waals surface area contributed by atoms with Crippen molar-refractivity contribution >= 4 is 43.2 Å². The number of halogens is 2. The van der Waals surface area contributed by atoms with E-state index < -0.39 is 0 Å². The number of hydrogen-bond acceptors (Lipinski definition) is 3. The number of methoxy groups -OCH3 is 1. The third-order valence-corrected chi connectivity index (χ3v) is 5.43. The first-order valence-electron chi connectivity index (χ1n) is 6.48. The van der Waals surface area contributed by atoms with Gasteiger partial charge >= 0.3 is 0 Å². The summed E-state index contributed by atoms with van der Waals surface area (Å²) in [6.07, 6.45) is 1.09. The predicted octanol–water partition coefficient (Wildman–Crippen LogP) is 5.37. The van der Waals surface area contributed by atoms with Crippen LogP contribution >= 0.6 is 43.2 Å². The van der Waals surface area contributed by atoms with Crippen molar-refractivity contribution in [1.29, 1.82) is 0 Å². The summed E-state index contributed by atoms with van der Waals surface area (Å²) in [5.74, 6) is 0.912. The van der Waals surface area contributed by atoms with Gasteiger partial charge in [-0.15, -0.1) is 11.3 Å². The molecule has 0 saturated carbocycles. The van der Waals surface area contributed by atoms with Crippen LogP contribution in [0.2, 0.25) is 0 Å². The minimum Gasteiger partial charge on any atom is -0.496 e. The molecule has 20 heavy (non-hydrogen) atoms. The van der Waals surface area contributed by atoms with Crippen molar-refractivity contribution in [3.05, 3.63) is 49.0 Å². The van der Waals surface area contributed by atoms with Crippen LogP contribution in [0.1, 0.15) is 30.5 Å². The number of thiophene rings is 1. The molecule has 0 aliphatic rings. The zero-order valence-corrected chi connectivity index (χ0v) is 15.4. The summed E-state index contributed by atoms with van der Waals surface area (Å²) >= 11 is 8.91. The topological polar surface area (TPSA) is 21.3 Å². The zero-order chi connectivity index (χ0) is 14.5. The van der Waals surface area contributed by atoms with Gasteiger partial charge in [0, 0.05) is 5.56 Å². The number of rotatable bonds is 6. The van der Waals surface area contributed by atoms with E-state index in [0.29, 0.717) is 0 Å². The molecule has 1 aromatic carbocycles. The second-order valence-electron chi connectivity index (χ2n) is 4.41. The van der Waals surface area contributed by atoms with E-state index in [4.69, 9.17) is 4.74 Å². The predicted molar refractivity (Wildman–Crippen MR) is 92.8 cm³/mol. The molecule has 2 rings (SSSR count). The van der Waals surface area contributed by atoms with Gasteiger partial charge in [0.15, 0.2) is 0 Å². The second-order valence-corrected chi connectivity index (χ2v) is 8.16. The molecule has 0 fully saturated rings. The molecule has 1 atom stereocenters. The third kappa shape index (κ3) is 3.64. The molecule has 0 aliphatic heterocycles. The molecule has 2 nitrogen and oxygen atoms in total.